The number of benzene rings is 3. The average Bonchev–Trinajstić information content (AvgIpc) is 3.00. The Morgan fingerprint density at radius 2 is 1.69 bits per heavy atom. The summed E-state index contributed by atoms with van der Waals surface area (Å²) in [5.74, 6) is 1.43. The molecular formula is C21H19N3OS. The number of nitrogens with zero attached hydrogens (tertiary/aromatic N) is 2. The number of anilines is 1. The number of nitrogens with two attached hydrogens (primary N) is 1. The highest BCUT2D eigenvalue weighted by atomic mass is 32.1. The molecule has 4 rings (SSSR count). The molecule has 0 amide bonds. The molecule has 4 aromatic rings. The van der Waals surface area contributed by atoms with E-state index in [1.54, 1.807) is 11.3 Å². The van der Waals surface area contributed by atoms with Gasteiger partial charge in [-0.3, -0.25) is 4.99 Å². The van der Waals surface area contributed by atoms with Crippen molar-refractivity contribution in [2.45, 2.75) is 6.54 Å². The van der Waals surface area contributed by atoms with Crippen LogP contribution < -0.4 is 15.3 Å². The van der Waals surface area contributed by atoms with Crippen LogP contribution in [0.3, 0.4) is 0 Å². The third kappa shape index (κ3) is 3.21. The summed E-state index contributed by atoms with van der Waals surface area (Å²) in [4.78, 5) is 5.41. The van der Waals surface area contributed by atoms with E-state index in [0.29, 0.717) is 11.4 Å². The van der Waals surface area contributed by atoms with Gasteiger partial charge in [-0.2, -0.15) is 0 Å². The highest BCUT2D eigenvalue weighted by Gasteiger charge is 2.12. The second-order valence-electron chi connectivity index (χ2n) is 5.95. The minimum Gasteiger partial charge on any atom is -0.455 e. The molecule has 0 aliphatic rings. The normalized spacial score (nSPS) is 11.8. The number of nitrogen functional groups attached to an aromatic ring is 1. The first-order valence-electron chi connectivity index (χ1n) is 8.37. The maximum atomic E-state index is 6.23. The van der Waals surface area contributed by atoms with Crippen LogP contribution in [0.4, 0.5) is 5.69 Å². The number of thiazole rings is 1. The standard InChI is InChI=1S/C21H19N3OS/c1-23-21-24(14-15-8-4-2-5-9-15)18-13-19(17(22)12-20(18)26-21)25-16-10-6-3-7-11-16/h2-13H,14,22H2,1H3. The molecule has 0 saturated carbocycles. The Kier molecular flexibility index (Phi) is 4.46. The molecule has 0 unspecified atom stereocenters. The van der Waals surface area contributed by atoms with Crippen molar-refractivity contribution in [1.29, 1.82) is 0 Å². The van der Waals surface area contributed by atoms with Gasteiger partial charge in [-0.15, -0.1) is 0 Å². The lowest BCUT2D eigenvalue weighted by molar-refractivity contribution is 0.485. The van der Waals surface area contributed by atoms with Gasteiger partial charge in [0.1, 0.15) is 5.75 Å². The van der Waals surface area contributed by atoms with Crippen LogP contribution >= 0.6 is 11.3 Å². The second-order valence-corrected chi connectivity index (χ2v) is 6.96. The van der Waals surface area contributed by atoms with Gasteiger partial charge < -0.3 is 15.0 Å². The van der Waals surface area contributed by atoms with E-state index < -0.39 is 0 Å². The van der Waals surface area contributed by atoms with Gasteiger partial charge in [0.25, 0.3) is 0 Å². The van der Waals surface area contributed by atoms with E-state index in [1.165, 1.54) is 5.56 Å². The molecule has 0 bridgehead atoms. The molecule has 1 heterocycles. The Labute approximate surface area is 155 Å². The smallest absolute Gasteiger partial charge is 0.185 e. The van der Waals surface area contributed by atoms with Crippen molar-refractivity contribution in [2.24, 2.45) is 4.99 Å². The Balaban J connectivity index is 1.81. The van der Waals surface area contributed by atoms with Crippen LogP contribution in [-0.4, -0.2) is 11.6 Å². The molecule has 26 heavy (non-hydrogen) atoms. The van der Waals surface area contributed by atoms with Gasteiger partial charge in [0.15, 0.2) is 10.6 Å². The van der Waals surface area contributed by atoms with E-state index in [9.17, 15) is 0 Å². The van der Waals surface area contributed by atoms with E-state index in [2.05, 4.69) is 33.8 Å². The SMILES string of the molecule is CN=c1sc2cc(N)c(Oc3ccccc3)cc2n1Cc1ccccc1. The molecule has 0 aliphatic heterocycles. The lowest BCUT2D eigenvalue weighted by Crippen LogP contribution is -2.15. The zero-order chi connectivity index (χ0) is 17.9. The van der Waals surface area contributed by atoms with Gasteiger partial charge in [0, 0.05) is 13.1 Å². The summed E-state index contributed by atoms with van der Waals surface area (Å²) in [7, 11) is 1.82. The number of hydrogen-bond donors (Lipinski definition) is 1. The van der Waals surface area contributed by atoms with Crippen LogP contribution in [-0.2, 0) is 6.54 Å². The third-order valence-corrected chi connectivity index (χ3v) is 5.29. The van der Waals surface area contributed by atoms with Gasteiger partial charge >= 0.3 is 0 Å². The van der Waals surface area contributed by atoms with Crippen molar-refractivity contribution in [3.63, 3.8) is 0 Å². The van der Waals surface area contributed by atoms with Crippen molar-refractivity contribution >= 4 is 27.2 Å². The maximum Gasteiger partial charge on any atom is 0.185 e. The van der Waals surface area contributed by atoms with Crippen LogP contribution in [0.15, 0.2) is 77.8 Å². The first kappa shape index (κ1) is 16.4. The van der Waals surface area contributed by atoms with Crippen molar-refractivity contribution in [1.82, 2.24) is 4.57 Å². The van der Waals surface area contributed by atoms with E-state index in [-0.39, 0.29) is 0 Å². The highest BCUT2D eigenvalue weighted by Crippen LogP contribution is 2.33. The summed E-state index contributed by atoms with van der Waals surface area (Å²) < 4.78 is 9.30. The predicted molar refractivity (Wildman–Crippen MR) is 108 cm³/mol. The average molecular weight is 361 g/mol. The number of ether oxygens (including phenoxy) is 1. The molecular weight excluding hydrogens is 342 g/mol. The fourth-order valence-corrected chi connectivity index (χ4v) is 3.92. The van der Waals surface area contributed by atoms with Crippen LogP contribution in [0.2, 0.25) is 0 Å². The first-order valence-corrected chi connectivity index (χ1v) is 9.19. The van der Waals surface area contributed by atoms with Crippen LogP contribution in [0.25, 0.3) is 10.2 Å². The molecule has 3 aromatic carbocycles. The molecule has 1 aromatic heterocycles. The summed E-state index contributed by atoms with van der Waals surface area (Å²) >= 11 is 1.63. The zero-order valence-corrected chi connectivity index (χ0v) is 15.2. The van der Waals surface area contributed by atoms with Gasteiger partial charge in [0.2, 0.25) is 0 Å². The van der Waals surface area contributed by atoms with E-state index in [1.807, 2.05) is 55.6 Å². The monoisotopic (exact) mass is 361 g/mol. The van der Waals surface area contributed by atoms with Gasteiger partial charge in [0.05, 0.1) is 22.4 Å². The van der Waals surface area contributed by atoms with Crippen molar-refractivity contribution in [2.75, 3.05) is 12.8 Å². The quantitative estimate of drug-likeness (QED) is 0.538. The molecule has 0 radical (unpaired) electrons. The molecule has 130 valence electrons. The Morgan fingerprint density at radius 1 is 1.00 bits per heavy atom. The third-order valence-electron chi connectivity index (χ3n) is 4.16. The summed E-state index contributed by atoms with van der Waals surface area (Å²) in [6, 6.07) is 24.0. The van der Waals surface area contributed by atoms with E-state index in [0.717, 1.165) is 27.3 Å². The van der Waals surface area contributed by atoms with Crippen molar-refractivity contribution in [3.8, 4) is 11.5 Å². The number of para-hydroxylation sites is 1. The largest absolute Gasteiger partial charge is 0.455 e. The summed E-state index contributed by atoms with van der Waals surface area (Å²) in [6.07, 6.45) is 0. The minimum absolute atomic E-state index is 0.622. The Morgan fingerprint density at radius 3 is 2.38 bits per heavy atom. The van der Waals surface area contributed by atoms with Gasteiger partial charge in [-0.1, -0.05) is 59.9 Å². The zero-order valence-electron chi connectivity index (χ0n) is 14.4. The molecule has 0 spiro atoms. The maximum absolute atomic E-state index is 6.23. The Hall–Kier alpha value is -3.05. The van der Waals surface area contributed by atoms with Crippen LogP contribution in [0.5, 0.6) is 11.5 Å². The molecule has 2 N–H and O–H groups in total. The summed E-state index contributed by atoms with van der Waals surface area (Å²) in [5, 5.41) is 0. The first-order chi connectivity index (χ1) is 12.7. The van der Waals surface area contributed by atoms with Gasteiger partial charge in [-0.05, 0) is 23.8 Å². The number of fused-ring (bicyclic) bond motifs is 1. The van der Waals surface area contributed by atoms with Gasteiger partial charge in [-0.25, -0.2) is 0 Å². The van der Waals surface area contributed by atoms with Crippen LogP contribution in [0, 0.1) is 0 Å². The molecule has 0 fully saturated rings. The lowest BCUT2D eigenvalue weighted by Gasteiger charge is -2.10. The Bertz CT molecular complexity index is 1100. The fourth-order valence-electron chi connectivity index (χ4n) is 2.90. The second kappa shape index (κ2) is 7.06. The number of aromatic nitrogens is 1. The highest BCUT2D eigenvalue weighted by molar-refractivity contribution is 7.16. The predicted octanol–water partition coefficient (Wildman–Crippen LogP) is 4.66. The van der Waals surface area contributed by atoms with Crippen molar-refractivity contribution < 1.29 is 4.74 Å². The van der Waals surface area contributed by atoms with Crippen LogP contribution in [0.1, 0.15) is 5.56 Å². The van der Waals surface area contributed by atoms with Crippen molar-refractivity contribution in [3.05, 3.63) is 83.2 Å². The molecule has 0 atom stereocenters. The topological polar surface area (TPSA) is 52.5 Å². The fraction of sp³-hybridized carbons (Fsp3) is 0.0952. The van der Waals surface area contributed by atoms with E-state index >= 15 is 0 Å². The number of rotatable bonds is 4. The number of hydrogen-bond acceptors (Lipinski definition) is 4. The molecule has 0 aliphatic carbocycles. The van der Waals surface area contributed by atoms with E-state index in [4.69, 9.17) is 10.5 Å². The molecule has 4 nitrogen and oxygen atoms in total. The lowest BCUT2D eigenvalue weighted by atomic mass is 10.2. The summed E-state index contributed by atoms with van der Waals surface area (Å²) in [6.45, 7) is 0.752. The minimum atomic E-state index is 0.622. The molecule has 0 saturated heterocycles. The summed E-state index contributed by atoms with van der Waals surface area (Å²) in [5.41, 5.74) is 9.15. The molecule has 5 heteroatoms.